The fourth-order valence-corrected chi connectivity index (χ4v) is 3.09. The molecule has 0 aromatic heterocycles. The van der Waals surface area contributed by atoms with Gasteiger partial charge < -0.3 is 15.4 Å². The second-order valence-electron chi connectivity index (χ2n) is 6.20. The number of hydrogen-bond acceptors (Lipinski definition) is 3. The van der Waals surface area contributed by atoms with E-state index < -0.39 is 0 Å². The van der Waals surface area contributed by atoms with Gasteiger partial charge in [-0.2, -0.15) is 11.8 Å². The Bertz CT molecular complexity index is 305. The van der Waals surface area contributed by atoms with E-state index in [2.05, 4.69) is 24.5 Å². The fraction of sp³-hybridized carbons (Fsp3) is 0.923. The van der Waals surface area contributed by atoms with Crippen LogP contribution in [0, 0.1) is 0 Å². The average Bonchev–Trinajstić information content (AvgIpc) is 2.33. The number of thioether (sulfide) groups is 1. The molecule has 1 heterocycles. The third-order valence-corrected chi connectivity index (χ3v) is 4.01. The number of ether oxygens (including phenoxy) is 1. The second-order valence-corrected chi connectivity index (χ2v) is 7.11. The Balaban J connectivity index is 2.50. The lowest BCUT2D eigenvalue weighted by Crippen LogP contribution is -2.51. The molecule has 0 aromatic carbocycles. The molecule has 0 aromatic rings. The Hall–Kier alpha value is -0.420. The lowest BCUT2D eigenvalue weighted by atomic mass is 9.95. The second kappa shape index (κ2) is 5.70. The standard InChI is InChI=1S/C13H26N2O2S/c1-9(8-18-6)14-11(16)15-10-7-12(2,3)17-13(10,4)5/h9-10H,7-8H2,1-6H3,(H2,14,15,16). The number of hydrogen-bond donors (Lipinski definition) is 2. The molecule has 1 aliphatic heterocycles. The first-order valence-corrected chi connectivity index (χ1v) is 7.82. The number of carbonyl (C=O) groups excluding carboxylic acids is 1. The summed E-state index contributed by atoms with van der Waals surface area (Å²) in [4.78, 5) is 11.9. The van der Waals surface area contributed by atoms with E-state index in [0.717, 1.165) is 12.2 Å². The molecule has 1 aliphatic rings. The maximum atomic E-state index is 11.9. The van der Waals surface area contributed by atoms with Gasteiger partial charge in [-0.1, -0.05) is 0 Å². The summed E-state index contributed by atoms with van der Waals surface area (Å²) in [6.45, 7) is 10.2. The van der Waals surface area contributed by atoms with Crippen LogP contribution in [0.2, 0.25) is 0 Å². The highest BCUT2D eigenvalue weighted by Gasteiger charge is 2.46. The monoisotopic (exact) mass is 274 g/mol. The summed E-state index contributed by atoms with van der Waals surface area (Å²) in [5.41, 5.74) is -0.490. The predicted octanol–water partition coefficient (Wildman–Crippen LogP) is 2.38. The SMILES string of the molecule is CSCC(C)NC(=O)NC1CC(C)(C)OC1(C)C. The van der Waals surface area contributed by atoms with Crippen LogP contribution in [0.4, 0.5) is 4.79 Å². The molecule has 0 radical (unpaired) electrons. The zero-order chi connectivity index (χ0) is 14.0. The Morgan fingerprint density at radius 2 is 2.06 bits per heavy atom. The lowest BCUT2D eigenvalue weighted by molar-refractivity contribution is -0.0690. The van der Waals surface area contributed by atoms with Crippen LogP contribution in [0.15, 0.2) is 0 Å². The van der Waals surface area contributed by atoms with Crippen LogP contribution < -0.4 is 10.6 Å². The molecule has 2 N–H and O–H groups in total. The van der Waals surface area contributed by atoms with Crippen molar-refractivity contribution >= 4 is 17.8 Å². The van der Waals surface area contributed by atoms with Crippen molar-refractivity contribution in [1.29, 1.82) is 0 Å². The molecular formula is C13H26N2O2S. The molecule has 18 heavy (non-hydrogen) atoms. The summed E-state index contributed by atoms with van der Waals surface area (Å²) in [6, 6.07) is 0.128. The first-order valence-electron chi connectivity index (χ1n) is 6.42. The molecule has 0 saturated carbocycles. The van der Waals surface area contributed by atoms with Crippen molar-refractivity contribution in [2.75, 3.05) is 12.0 Å². The van der Waals surface area contributed by atoms with Gasteiger partial charge in [0.15, 0.2) is 0 Å². The first-order chi connectivity index (χ1) is 8.16. The Labute approximate surface area is 115 Å². The van der Waals surface area contributed by atoms with Crippen LogP contribution in [0.25, 0.3) is 0 Å². The van der Waals surface area contributed by atoms with Crippen molar-refractivity contribution in [2.45, 2.75) is 64.3 Å². The number of rotatable bonds is 4. The predicted molar refractivity (Wildman–Crippen MR) is 77.2 cm³/mol. The number of nitrogens with one attached hydrogen (secondary N) is 2. The minimum Gasteiger partial charge on any atom is -0.367 e. The maximum absolute atomic E-state index is 11.9. The van der Waals surface area contributed by atoms with E-state index in [4.69, 9.17) is 4.74 Å². The third kappa shape index (κ3) is 4.35. The van der Waals surface area contributed by atoms with E-state index in [-0.39, 0.29) is 29.3 Å². The maximum Gasteiger partial charge on any atom is 0.315 e. The highest BCUT2D eigenvalue weighted by atomic mass is 32.2. The normalized spacial score (nSPS) is 26.7. The van der Waals surface area contributed by atoms with Gasteiger partial charge in [-0.3, -0.25) is 0 Å². The number of amides is 2. The molecule has 2 atom stereocenters. The molecule has 2 unspecified atom stereocenters. The fourth-order valence-electron chi connectivity index (χ4n) is 2.50. The summed E-state index contributed by atoms with van der Waals surface area (Å²) in [7, 11) is 0. The van der Waals surface area contributed by atoms with Crippen molar-refractivity contribution in [1.82, 2.24) is 10.6 Å². The summed E-state index contributed by atoms with van der Waals surface area (Å²) < 4.78 is 5.96. The van der Waals surface area contributed by atoms with Gasteiger partial charge in [0.25, 0.3) is 0 Å². The first kappa shape index (κ1) is 15.6. The summed E-state index contributed by atoms with van der Waals surface area (Å²) in [6.07, 6.45) is 2.87. The quantitative estimate of drug-likeness (QED) is 0.827. The van der Waals surface area contributed by atoms with E-state index in [9.17, 15) is 4.79 Å². The largest absolute Gasteiger partial charge is 0.367 e. The molecule has 1 saturated heterocycles. The van der Waals surface area contributed by atoms with Crippen LogP contribution in [0.5, 0.6) is 0 Å². The van der Waals surface area contributed by atoms with E-state index >= 15 is 0 Å². The number of urea groups is 1. The molecule has 0 bridgehead atoms. The Morgan fingerprint density at radius 3 is 2.50 bits per heavy atom. The van der Waals surface area contributed by atoms with Gasteiger partial charge in [0.05, 0.1) is 17.2 Å². The zero-order valence-corrected chi connectivity index (χ0v) is 13.1. The smallest absolute Gasteiger partial charge is 0.315 e. The summed E-state index contributed by atoms with van der Waals surface area (Å²) in [5.74, 6) is 0.920. The highest BCUT2D eigenvalue weighted by Crippen LogP contribution is 2.37. The minimum absolute atomic E-state index is 0.0500. The molecule has 0 aliphatic carbocycles. The van der Waals surface area contributed by atoms with Crippen molar-refractivity contribution in [3.8, 4) is 0 Å². The number of carbonyl (C=O) groups is 1. The van der Waals surface area contributed by atoms with Crippen LogP contribution in [-0.4, -0.2) is 41.3 Å². The average molecular weight is 274 g/mol. The van der Waals surface area contributed by atoms with Crippen LogP contribution in [-0.2, 0) is 4.74 Å². The van der Waals surface area contributed by atoms with Gasteiger partial charge in [0.2, 0.25) is 0 Å². The summed E-state index contributed by atoms with van der Waals surface area (Å²) in [5, 5.41) is 5.98. The summed E-state index contributed by atoms with van der Waals surface area (Å²) >= 11 is 1.73. The van der Waals surface area contributed by atoms with Crippen molar-refractivity contribution in [3.63, 3.8) is 0 Å². The van der Waals surface area contributed by atoms with E-state index in [1.165, 1.54) is 0 Å². The molecule has 1 fully saturated rings. The topological polar surface area (TPSA) is 50.4 Å². The van der Waals surface area contributed by atoms with Gasteiger partial charge >= 0.3 is 6.03 Å². The minimum atomic E-state index is -0.316. The van der Waals surface area contributed by atoms with Crippen molar-refractivity contribution in [2.24, 2.45) is 0 Å². The molecule has 2 amide bonds. The van der Waals surface area contributed by atoms with Gasteiger partial charge in [-0.15, -0.1) is 0 Å². The van der Waals surface area contributed by atoms with Gasteiger partial charge in [-0.05, 0) is 47.3 Å². The Morgan fingerprint density at radius 1 is 1.44 bits per heavy atom. The van der Waals surface area contributed by atoms with E-state index in [0.29, 0.717) is 0 Å². The molecule has 5 heteroatoms. The van der Waals surface area contributed by atoms with Gasteiger partial charge in [-0.25, -0.2) is 4.79 Å². The Kier molecular flexibility index (Phi) is 4.95. The molecular weight excluding hydrogens is 248 g/mol. The third-order valence-electron chi connectivity index (χ3n) is 3.17. The van der Waals surface area contributed by atoms with Crippen LogP contribution in [0.3, 0.4) is 0 Å². The van der Waals surface area contributed by atoms with Gasteiger partial charge in [0, 0.05) is 11.8 Å². The highest BCUT2D eigenvalue weighted by molar-refractivity contribution is 7.98. The van der Waals surface area contributed by atoms with Crippen LogP contribution in [0.1, 0.15) is 41.0 Å². The molecule has 1 rings (SSSR count). The lowest BCUT2D eigenvalue weighted by Gasteiger charge is -2.28. The van der Waals surface area contributed by atoms with Gasteiger partial charge in [0.1, 0.15) is 0 Å². The van der Waals surface area contributed by atoms with E-state index in [1.54, 1.807) is 11.8 Å². The molecule has 0 spiro atoms. The van der Waals surface area contributed by atoms with Crippen LogP contribution >= 0.6 is 11.8 Å². The molecule has 106 valence electrons. The van der Waals surface area contributed by atoms with E-state index in [1.807, 2.05) is 27.0 Å². The van der Waals surface area contributed by atoms with Crippen molar-refractivity contribution in [3.05, 3.63) is 0 Å². The molecule has 4 nitrogen and oxygen atoms in total. The zero-order valence-electron chi connectivity index (χ0n) is 12.3. The van der Waals surface area contributed by atoms with Crippen molar-refractivity contribution < 1.29 is 9.53 Å².